The van der Waals surface area contributed by atoms with Gasteiger partial charge >= 0.3 is 0 Å². The lowest BCUT2D eigenvalue weighted by Gasteiger charge is -2.16. The van der Waals surface area contributed by atoms with Crippen molar-refractivity contribution in [2.24, 2.45) is 5.16 Å². The summed E-state index contributed by atoms with van der Waals surface area (Å²) in [4.78, 5) is 16.6. The number of hydrogen-bond acceptors (Lipinski definition) is 6. The molecule has 1 heterocycles. The number of nitro groups is 1. The third kappa shape index (κ3) is 4.90. The molecular weight excluding hydrogens is 458 g/mol. The summed E-state index contributed by atoms with van der Waals surface area (Å²) >= 11 is 0. The zero-order chi connectivity index (χ0) is 25.8. The minimum absolute atomic E-state index is 0.0698. The quantitative estimate of drug-likeness (QED) is 0.150. The van der Waals surface area contributed by atoms with Crippen LogP contribution in [0.5, 0.6) is 5.75 Å². The van der Waals surface area contributed by atoms with Crippen LogP contribution in [-0.4, -0.2) is 41.6 Å². The van der Waals surface area contributed by atoms with Crippen LogP contribution in [0.25, 0.3) is 21.8 Å². The van der Waals surface area contributed by atoms with Gasteiger partial charge in [0.25, 0.3) is 5.69 Å². The first-order valence-corrected chi connectivity index (χ1v) is 12.0. The Hall–Kier alpha value is -3.91. The largest absolute Gasteiger partial charge is 0.488 e. The van der Waals surface area contributed by atoms with Gasteiger partial charge in [-0.15, -0.1) is 0 Å². The van der Waals surface area contributed by atoms with Crippen LogP contribution in [0.3, 0.4) is 0 Å². The number of non-ortho nitro benzene ring substituents is 1. The SMILES string of the molecule is CCON=C(c1ccc2c(c1)c1cc([N+](=O)[O-])ccc1n2CC)c1ccc(OC(C)COC)cc1C. The number of rotatable bonds is 10. The topological polar surface area (TPSA) is 88.1 Å². The van der Waals surface area contributed by atoms with E-state index in [1.54, 1.807) is 19.2 Å². The van der Waals surface area contributed by atoms with E-state index in [9.17, 15) is 10.1 Å². The number of aryl methyl sites for hydroxylation is 2. The highest BCUT2D eigenvalue weighted by atomic mass is 16.6. The van der Waals surface area contributed by atoms with Crippen LogP contribution >= 0.6 is 0 Å². The monoisotopic (exact) mass is 489 g/mol. The van der Waals surface area contributed by atoms with Gasteiger partial charge in [0.2, 0.25) is 0 Å². The Morgan fingerprint density at radius 3 is 2.42 bits per heavy atom. The van der Waals surface area contributed by atoms with E-state index in [-0.39, 0.29) is 16.7 Å². The number of oxime groups is 1. The highest BCUT2D eigenvalue weighted by Crippen LogP contribution is 2.33. The number of methoxy groups -OCH3 is 1. The zero-order valence-electron chi connectivity index (χ0n) is 21.3. The Kier molecular flexibility index (Phi) is 7.55. The molecule has 0 aliphatic heterocycles. The minimum Gasteiger partial charge on any atom is -0.488 e. The molecular formula is C28H31N3O5. The molecule has 0 radical (unpaired) electrons. The molecule has 0 aliphatic rings. The van der Waals surface area contributed by atoms with Gasteiger partial charge in [-0.25, -0.2) is 0 Å². The Morgan fingerprint density at radius 1 is 1.06 bits per heavy atom. The number of aromatic nitrogens is 1. The Labute approximate surface area is 210 Å². The summed E-state index contributed by atoms with van der Waals surface area (Å²) in [5, 5.41) is 17.7. The van der Waals surface area contributed by atoms with Crippen molar-refractivity contribution in [2.45, 2.75) is 40.3 Å². The molecule has 8 heteroatoms. The predicted octanol–water partition coefficient (Wildman–Crippen LogP) is 6.23. The summed E-state index contributed by atoms with van der Waals surface area (Å²) < 4.78 is 13.3. The fourth-order valence-corrected chi connectivity index (χ4v) is 4.56. The maximum absolute atomic E-state index is 11.4. The summed E-state index contributed by atoms with van der Waals surface area (Å²) in [6, 6.07) is 17.0. The molecule has 1 atom stereocenters. The second-order valence-electron chi connectivity index (χ2n) is 8.65. The lowest BCUT2D eigenvalue weighted by atomic mass is 9.96. The Bertz CT molecular complexity index is 1440. The van der Waals surface area contributed by atoms with Gasteiger partial charge in [-0.05, 0) is 69.7 Å². The van der Waals surface area contributed by atoms with Crippen LogP contribution in [0, 0.1) is 17.0 Å². The fourth-order valence-electron chi connectivity index (χ4n) is 4.56. The number of benzene rings is 3. The maximum Gasteiger partial charge on any atom is 0.270 e. The van der Waals surface area contributed by atoms with Crippen molar-refractivity contribution in [1.29, 1.82) is 0 Å². The summed E-state index contributed by atoms with van der Waals surface area (Å²) in [6.07, 6.45) is -0.0702. The second kappa shape index (κ2) is 10.8. The molecule has 4 rings (SSSR count). The average Bonchev–Trinajstić information content (AvgIpc) is 3.17. The van der Waals surface area contributed by atoms with Crippen LogP contribution in [0.1, 0.15) is 37.5 Å². The first-order valence-electron chi connectivity index (χ1n) is 12.0. The van der Waals surface area contributed by atoms with E-state index < -0.39 is 0 Å². The smallest absolute Gasteiger partial charge is 0.270 e. The van der Waals surface area contributed by atoms with E-state index in [1.165, 1.54) is 0 Å². The van der Waals surface area contributed by atoms with Gasteiger partial charge in [-0.3, -0.25) is 10.1 Å². The third-order valence-corrected chi connectivity index (χ3v) is 6.13. The van der Waals surface area contributed by atoms with Crippen molar-refractivity contribution in [3.8, 4) is 5.75 Å². The number of nitro benzene ring substituents is 1. The van der Waals surface area contributed by atoms with Gasteiger partial charge in [-0.2, -0.15) is 0 Å². The molecule has 0 aliphatic carbocycles. The van der Waals surface area contributed by atoms with Crippen LogP contribution in [0.15, 0.2) is 59.8 Å². The molecule has 3 aromatic carbocycles. The minimum atomic E-state index is -0.360. The molecule has 4 aromatic rings. The third-order valence-electron chi connectivity index (χ3n) is 6.13. The molecule has 1 unspecified atom stereocenters. The van der Waals surface area contributed by atoms with Gasteiger partial charge in [0.15, 0.2) is 0 Å². The van der Waals surface area contributed by atoms with Crippen molar-refractivity contribution < 1.29 is 19.2 Å². The van der Waals surface area contributed by atoms with Gasteiger partial charge in [0, 0.05) is 58.7 Å². The molecule has 36 heavy (non-hydrogen) atoms. The van der Waals surface area contributed by atoms with Crippen LogP contribution in [0.2, 0.25) is 0 Å². The molecule has 0 saturated carbocycles. The van der Waals surface area contributed by atoms with E-state index >= 15 is 0 Å². The molecule has 0 N–H and O–H groups in total. The second-order valence-corrected chi connectivity index (χ2v) is 8.65. The highest BCUT2D eigenvalue weighted by Gasteiger charge is 2.18. The lowest BCUT2D eigenvalue weighted by Crippen LogP contribution is -2.18. The highest BCUT2D eigenvalue weighted by molar-refractivity contribution is 6.17. The molecule has 0 saturated heterocycles. The molecule has 188 valence electrons. The van der Waals surface area contributed by atoms with Gasteiger partial charge in [0.1, 0.15) is 24.2 Å². The molecule has 0 bridgehead atoms. The predicted molar refractivity (Wildman–Crippen MR) is 142 cm³/mol. The molecule has 8 nitrogen and oxygen atoms in total. The van der Waals surface area contributed by atoms with Crippen molar-refractivity contribution in [1.82, 2.24) is 4.57 Å². The van der Waals surface area contributed by atoms with E-state index in [2.05, 4.69) is 16.6 Å². The Balaban J connectivity index is 1.84. The number of hydrogen-bond donors (Lipinski definition) is 0. The van der Waals surface area contributed by atoms with Gasteiger partial charge in [0.05, 0.1) is 11.5 Å². The summed E-state index contributed by atoms with van der Waals surface area (Å²) in [6.45, 7) is 9.61. The number of nitrogens with zero attached hydrogens (tertiary/aromatic N) is 3. The summed E-state index contributed by atoms with van der Waals surface area (Å²) in [5.41, 5.74) is 5.50. The average molecular weight is 490 g/mol. The van der Waals surface area contributed by atoms with Gasteiger partial charge < -0.3 is 18.9 Å². The molecule has 1 aromatic heterocycles. The first-order chi connectivity index (χ1) is 17.4. The zero-order valence-corrected chi connectivity index (χ0v) is 21.3. The molecule has 0 spiro atoms. The van der Waals surface area contributed by atoms with E-state index in [0.29, 0.717) is 18.9 Å². The van der Waals surface area contributed by atoms with Crippen molar-refractivity contribution in [2.75, 3.05) is 20.3 Å². The normalized spacial score (nSPS) is 12.8. The Morgan fingerprint density at radius 2 is 1.78 bits per heavy atom. The van der Waals surface area contributed by atoms with Crippen molar-refractivity contribution in [3.63, 3.8) is 0 Å². The van der Waals surface area contributed by atoms with E-state index in [1.807, 2.05) is 63.2 Å². The van der Waals surface area contributed by atoms with Crippen molar-refractivity contribution >= 4 is 33.2 Å². The number of fused-ring (bicyclic) bond motifs is 3. The van der Waals surface area contributed by atoms with Crippen LogP contribution < -0.4 is 4.74 Å². The van der Waals surface area contributed by atoms with Crippen LogP contribution in [0.4, 0.5) is 5.69 Å². The van der Waals surface area contributed by atoms with Crippen LogP contribution in [-0.2, 0) is 16.1 Å². The van der Waals surface area contributed by atoms with E-state index in [4.69, 9.17) is 14.3 Å². The molecule has 0 fully saturated rings. The fraction of sp³-hybridized carbons (Fsp3) is 0.321. The first kappa shape index (κ1) is 25.2. The summed E-state index contributed by atoms with van der Waals surface area (Å²) in [7, 11) is 1.65. The standard InChI is InChI=1S/C28H31N3O5/c1-6-30-26-12-8-20(15-24(26)25-16-21(31(32)33)9-13-27(25)30)28(29-35-7-2)23-11-10-22(14-18(23)3)36-19(4)17-34-5/h8-16,19H,6-7,17H2,1-5H3. The van der Waals surface area contributed by atoms with Crippen molar-refractivity contribution in [3.05, 3.63) is 81.4 Å². The molecule has 0 amide bonds. The van der Waals surface area contributed by atoms with Gasteiger partial charge in [-0.1, -0.05) is 11.2 Å². The number of ether oxygens (including phenoxy) is 2. The lowest BCUT2D eigenvalue weighted by molar-refractivity contribution is -0.384. The van der Waals surface area contributed by atoms with E-state index in [0.717, 1.165) is 50.8 Å². The summed E-state index contributed by atoms with van der Waals surface area (Å²) in [5.74, 6) is 0.755. The maximum atomic E-state index is 11.4.